The van der Waals surface area contributed by atoms with Gasteiger partial charge in [0, 0.05) is 16.1 Å². The number of halogens is 2. The molecule has 2 aromatic carbocycles. The summed E-state index contributed by atoms with van der Waals surface area (Å²) >= 11 is 6.69. The van der Waals surface area contributed by atoms with Crippen LogP contribution in [0, 0.1) is 17.4 Å². The Bertz CT molecular complexity index is 966. The topological polar surface area (TPSA) is 81.9 Å². The van der Waals surface area contributed by atoms with Gasteiger partial charge in [-0.3, -0.25) is 4.79 Å². The van der Waals surface area contributed by atoms with E-state index in [4.69, 9.17) is 0 Å². The number of rotatable bonds is 2. The molecule has 0 unspecified atom stereocenters. The van der Waals surface area contributed by atoms with Crippen molar-refractivity contribution in [2.45, 2.75) is 13.8 Å². The molecule has 1 saturated heterocycles. The lowest BCUT2D eigenvalue weighted by molar-refractivity contribution is -0.115. The number of carbonyl (C=O) groups excluding carboxylic acids is 1. The Kier molecular flexibility index (Phi) is 5.64. The van der Waals surface area contributed by atoms with E-state index in [9.17, 15) is 15.0 Å². The highest BCUT2D eigenvalue weighted by molar-refractivity contribution is 14.1. The van der Waals surface area contributed by atoms with Crippen LogP contribution in [0.3, 0.4) is 0 Å². The molecule has 1 amide bonds. The molecule has 26 heavy (non-hydrogen) atoms. The second-order valence-corrected chi connectivity index (χ2v) is 8.72. The van der Waals surface area contributed by atoms with Crippen LogP contribution in [0.5, 0.6) is 11.5 Å². The standard InChI is InChI=1S/C18H14BrIN2O3S/c1-8-3-11(4-9(2)16(8)19)21-18-22-17(25)15(26-18)6-10-5-12(20)14(24)7-13(10)23/h3-7,23-24H,1-2H3,(H,21,22,25)/b15-6-. The number of aliphatic imine (C=N–C) groups is 1. The first-order valence-electron chi connectivity index (χ1n) is 7.52. The van der Waals surface area contributed by atoms with Crippen LogP contribution in [0.25, 0.3) is 6.08 Å². The number of phenols is 2. The first-order chi connectivity index (χ1) is 12.2. The third-order valence-corrected chi connectivity index (χ3v) is 6.71. The number of nitrogens with one attached hydrogen (secondary N) is 1. The van der Waals surface area contributed by atoms with Crippen molar-refractivity contribution in [3.05, 3.63) is 53.9 Å². The Hall–Kier alpha value is -1.52. The first kappa shape index (κ1) is 19.2. The van der Waals surface area contributed by atoms with Crippen LogP contribution in [0.2, 0.25) is 0 Å². The molecule has 0 radical (unpaired) electrons. The number of benzene rings is 2. The summed E-state index contributed by atoms with van der Waals surface area (Å²) in [5.74, 6) is -0.368. The highest BCUT2D eigenvalue weighted by Crippen LogP contribution is 2.34. The molecule has 0 aliphatic carbocycles. The number of carbonyl (C=O) groups is 1. The summed E-state index contributed by atoms with van der Waals surface area (Å²) in [6.07, 6.45) is 1.58. The van der Waals surface area contributed by atoms with Gasteiger partial charge in [0.15, 0.2) is 5.17 Å². The molecular weight excluding hydrogens is 531 g/mol. The molecule has 0 saturated carbocycles. The molecule has 0 bridgehead atoms. The van der Waals surface area contributed by atoms with Gasteiger partial charge in [-0.25, -0.2) is 4.99 Å². The minimum absolute atomic E-state index is 0.00277. The zero-order valence-electron chi connectivity index (χ0n) is 13.8. The van der Waals surface area contributed by atoms with Crippen LogP contribution >= 0.6 is 50.3 Å². The number of amides is 1. The summed E-state index contributed by atoms with van der Waals surface area (Å²) in [6.45, 7) is 3.98. The van der Waals surface area contributed by atoms with E-state index in [2.05, 4.69) is 26.2 Å². The summed E-state index contributed by atoms with van der Waals surface area (Å²) in [4.78, 5) is 17.1. The van der Waals surface area contributed by atoms with Crippen molar-refractivity contribution in [1.29, 1.82) is 0 Å². The number of amidine groups is 1. The van der Waals surface area contributed by atoms with Crippen molar-refractivity contribution in [2.24, 2.45) is 4.99 Å². The van der Waals surface area contributed by atoms with Gasteiger partial charge < -0.3 is 15.5 Å². The SMILES string of the molecule is Cc1cc(N=C2NC(=O)/C(=C/c3cc(I)c(O)cc3O)S2)cc(C)c1Br. The summed E-state index contributed by atoms with van der Waals surface area (Å²) in [5, 5.41) is 22.8. The number of thioether (sulfide) groups is 1. The third kappa shape index (κ3) is 4.07. The van der Waals surface area contributed by atoms with E-state index in [-0.39, 0.29) is 17.4 Å². The van der Waals surface area contributed by atoms with E-state index in [0.29, 0.717) is 19.2 Å². The molecule has 1 aliphatic rings. The number of phenolic OH excluding ortho intramolecular Hbond substituents is 2. The highest BCUT2D eigenvalue weighted by atomic mass is 127. The Balaban J connectivity index is 1.91. The van der Waals surface area contributed by atoms with Gasteiger partial charge in [0.05, 0.1) is 14.2 Å². The number of hydrogen-bond acceptors (Lipinski definition) is 5. The molecule has 134 valence electrons. The van der Waals surface area contributed by atoms with Gasteiger partial charge in [0.2, 0.25) is 0 Å². The zero-order valence-corrected chi connectivity index (χ0v) is 18.4. The Morgan fingerprint density at radius 1 is 1.15 bits per heavy atom. The number of aryl methyl sites for hydroxylation is 2. The lowest BCUT2D eigenvalue weighted by Gasteiger charge is -2.05. The fourth-order valence-corrected chi connectivity index (χ4v) is 3.96. The van der Waals surface area contributed by atoms with Gasteiger partial charge in [0.25, 0.3) is 5.91 Å². The van der Waals surface area contributed by atoms with Crippen molar-refractivity contribution in [1.82, 2.24) is 5.32 Å². The van der Waals surface area contributed by atoms with Gasteiger partial charge in [-0.1, -0.05) is 15.9 Å². The minimum atomic E-state index is -0.276. The number of nitrogens with zero attached hydrogens (tertiary/aromatic N) is 1. The normalized spacial score (nSPS) is 17.2. The second kappa shape index (κ2) is 7.61. The Labute approximate surface area is 176 Å². The summed E-state index contributed by atoms with van der Waals surface area (Å²) in [5.41, 5.74) is 3.35. The maximum absolute atomic E-state index is 12.2. The third-order valence-electron chi connectivity index (χ3n) is 3.69. The molecule has 0 aromatic heterocycles. The monoisotopic (exact) mass is 544 g/mol. The van der Waals surface area contributed by atoms with E-state index in [1.54, 1.807) is 12.1 Å². The maximum atomic E-state index is 12.2. The van der Waals surface area contributed by atoms with Crippen LogP contribution in [0.4, 0.5) is 5.69 Å². The van der Waals surface area contributed by atoms with E-state index >= 15 is 0 Å². The van der Waals surface area contributed by atoms with Gasteiger partial charge in [-0.05, 0) is 83.6 Å². The van der Waals surface area contributed by atoms with Crippen LogP contribution < -0.4 is 5.32 Å². The molecule has 1 aliphatic heterocycles. The average molecular weight is 545 g/mol. The molecule has 2 aromatic rings. The fourth-order valence-electron chi connectivity index (χ4n) is 2.41. The van der Waals surface area contributed by atoms with E-state index in [0.717, 1.165) is 21.3 Å². The van der Waals surface area contributed by atoms with Crippen LogP contribution in [-0.2, 0) is 4.79 Å². The fraction of sp³-hybridized carbons (Fsp3) is 0.111. The minimum Gasteiger partial charge on any atom is -0.507 e. The van der Waals surface area contributed by atoms with Gasteiger partial charge in [0.1, 0.15) is 11.5 Å². The highest BCUT2D eigenvalue weighted by Gasteiger charge is 2.24. The van der Waals surface area contributed by atoms with Crippen molar-refractivity contribution in [2.75, 3.05) is 0 Å². The van der Waals surface area contributed by atoms with Crippen molar-refractivity contribution < 1.29 is 15.0 Å². The maximum Gasteiger partial charge on any atom is 0.264 e. The summed E-state index contributed by atoms with van der Waals surface area (Å²) < 4.78 is 1.63. The predicted molar refractivity (Wildman–Crippen MR) is 117 cm³/mol. The lowest BCUT2D eigenvalue weighted by Crippen LogP contribution is -2.19. The molecule has 5 nitrogen and oxygen atoms in total. The lowest BCUT2D eigenvalue weighted by atomic mass is 10.1. The van der Waals surface area contributed by atoms with E-state index in [1.165, 1.54) is 17.8 Å². The van der Waals surface area contributed by atoms with Gasteiger partial charge in [-0.2, -0.15) is 0 Å². The van der Waals surface area contributed by atoms with E-state index < -0.39 is 0 Å². The average Bonchev–Trinajstić information content (AvgIpc) is 2.89. The number of aromatic hydroxyl groups is 2. The van der Waals surface area contributed by atoms with Gasteiger partial charge in [-0.15, -0.1) is 0 Å². The summed E-state index contributed by atoms with van der Waals surface area (Å²) in [6, 6.07) is 6.75. The van der Waals surface area contributed by atoms with Crippen LogP contribution in [-0.4, -0.2) is 21.3 Å². The largest absolute Gasteiger partial charge is 0.507 e. The number of hydrogen-bond donors (Lipinski definition) is 3. The molecular formula is C18H14BrIN2O3S. The van der Waals surface area contributed by atoms with Crippen LogP contribution in [0.1, 0.15) is 16.7 Å². The molecule has 1 fully saturated rings. The molecule has 8 heteroatoms. The van der Waals surface area contributed by atoms with Crippen molar-refractivity contribution in [3.8, 4) is 11.5 Å². The Morgan fingerprint density at radius 3 is 2.46 bits per heavy atom. The molecule has 3 N–H and O–H groups in total. The molecule has 0 atom stereocenters. The van der Waals surface area contributed by atoms with E-state index in [1.807, 2.05) is 48.6 Å². The molecule has 3 rings (SSSR count). The molecule has 0 spiro atoms. The predicted octanol–water partition coefficient (Wildman–Crippen LogP) is 4.97. The molecule has 1 heterocycles. The van der Waals surface area contributed by atoms with Crippen molar-refractivity contribution in [3.63, 3.8) is 0 Å². The zero-order chi connectivity index (χ0) is 19.0. The van der Waals surface area contributed by atoms with Gasteiger partial charge >= 0.3 is 0 Å². The Morgan fingerprint density at radius 2 is 1.81 bits per heavy atom. The van der Waals surface area contributed by atoms with Crippen LogP contribution in [0.15, 0.2) is 38.6 Å². The smallest absolute Gasteiger partial charge is 0.264 e. The summed E-state index contributed by atoms with van der Waals surface area (Å²) in [7, 11) is 0. The quantitative estimate of drug-likeness (QED) is 0.368. The second-order valence-electron chi connectivity index (χ2n) is 5.74. The first-order valence-corrected chi connectivity index (χ1v) is 10.2. The van der Waals surface area contributed by atoms with Crippen molar-refractivity contribution >= 4 is 73.1 Å².